The van der Waals surface area contributed by atoms with E-state index in [4.69, 9.17) is 21.4 Å². The molecule has 0 radical (unpaired) electrons. The van der Waals surface area contributed by atoms with Crippen LogP contribution in [-0.2, 0) is 10.0 Å². The highest BCUT2D eigenvalue weighted by atomic mass is 32.2. The highest BCUT2D eigenvalue weighted by Gasteiger charge is 2.18. The highest BCUT2D eigenvalue weighted by Crippen LogP contribution is 2.26. The number of primary sulfonamides is 1. The predicted molar refractivity (Wildman–Crippen MR) is 65.7 cm³/mol. The van der Waals surface area contributed by atoms with Gasteiger partial charge in [-0.1, -0.05) is 0 Å². The molecule has 4 N–H and O–H groups in total. The fourth-order valence-electron chi connectivity index (χ4n) is 1.42. The Bertz CT molecular complexity index is 611. The van der Waals surface area contributed by atoms with Crippen LogP contribution in [0.3, 0.4) is 0 Å². The topological polar surface area (TPSA) is 137 Å². The number of nitriles is 2. The largest absolute Gasteiger partial charge is 0.399 e. The first-order valence-electron chi connectivity index (χ1n) is 4.81. The SMILES string of the molecule is N#CCN(CC#N)c1ccc(N)cc1S(N)(=O)=O. The van der Waals surface area contributed by atoms with E-state index in [0.29, 0.717) is 0 Å². The molecule has 0 aliphatic rings. The van der Waals surface area contributed by atoms with Gasteiger partial charge in [0.15, 0.2) is 0 Å². The summed E-state index contributed by atoms with van der Waals surface area (Å²) in [6, 6.07) is 7.80. The number of sulfonamides is 1. The first kappa shape index (κ1) is 13.8. The molecular formula is C10H11N5O2S. The molecule has 0 bridgehead atoms. The Hall–Kier alpha value is -2.29. The zero-order chi connectivity index (χ0) is 13.8. The summed E-state index contributed by atoms with van der Waals surface area (Å²) in [6.07, 6.45) is 0. The second kappa shape index (κ2) is 5.36. The molecular weight excluding hydrogens is 254 g/mol. The van der Waals surface area contributed by atoms with Crippen molar-refractivity contribution in [3.8, 4) is 12.1 Å². The lowest BCUT2D eigenvalue weighted by molar-refractivity contribution is 0.597. The second-order valence-corrected chi connectivity index (χ2v) is 4.97. The lowest BCUT2D eigenvalue weighted by Gasteiger charge is -2.20. The third-order valence-electron chi connectivity index (χ3n) is 2.15. The molecule has 18 heavy (non-hydrogen) atoms. The number of nitrogen functional groups attached to an aromatic ring is 1. The summed E-state index contributed by atoms with van der Waals surface area (Å²) in [4.78, 5) is 1.10. The zero-order valence-electron chi connectivity index (χ0n) is 9.37. The van der Waals surface area contributed by atoms with Gasteiger partial charge in [0.05, 0.1) is 17.8 Å². The molecule has 0 aliphatic heterocycles. The number of nitrogens with zero attached hydrogens (tertiary/aromatic N) is 3. The van der Waals surface area contributed by atoms with Crippen LogP contribution in [0.1, 0.15) is 0 Å². The number of anilines is 2. The lowest BCUT2D eigenvalue weighted by atomic mass is 10.2. The number of hydrogen-bond donors (Lipinski definition) is 2. The average Bonchev–Trinajstić information content (AvgIpc) is 2.27. The minimum Gasteiger partial charge on any atom is -0.399 e. The molecule has 0 unspecified atom stereocenters. The van der Waals surface area contributed by atoms with Crippen molar-refractivity contribution in [1.82, 2.24) is 0 Å². The van der Waals surface area contributed by atoms with Gasteiger partial charge in [0.2, 0.25) is 10.0 Å². The first-order valence-corrected chi connectivity index (χ1v) is 6.36. The van der Waals surface area contributed by atoms with Gasteiger partial charge in [-0.15, -0.1) is 0 Å². The number of hydrogen-bond acceptors (Lipinski definition) is 6. The third kappa shape index (κ3) is 3.10. The van der Waals surface area contributed by atoms with Crippen LogP contribution in [0.2, 0.25) is 0 Å². The Kier molecular flexibility index (Phi) is 4.10. The van der Waals surface area contributed by atoms with E-state index in [0.717, 1.165) is 0 Å². The van der Waals surface area contributed by atoms with Crippen LogP contribution in [0.5, 0.6) is 0 Å². The molecule has 0 amide bonds. The monoisotopic (exact) mass is 265 g/mol. The molecule has 0 aromatic heterocycles. The van der Waals surface area contributed by atoms with E-state index >= 15 is 0 Å². The van der Waals surface area contributed by atoms with Gasteiger partial charge in [0.25, 0.3) is 0 Å². The number of nitrogens with two attached hydrogens (primary N) is 2. The molecule has 0 spiro atoms. The minimum atomic E-state index is -3.98. The Morgan fingerprint density at radius 2 is 1.78 bits per heavy atom. The second-order valence-electron chi connectivity index (χ2n) is 3.44. The Morgan fingerprint density at radius 3 is 2.22 bits per heavy atom. The maximum absolute atomic E-state index is 11.4. The van der Waals surface area contributed by atoms with Gasteiger partial charge in [-0.05, 0) is 18.2 Å². The van der Waals surface area contributed by atoms with Crippen molar-refractivity contribution in [2.75, 3.05) is 23.7 Å². The summed E-state index contributed by atoms with van der Waals surface area (Å²) in [7, 11) is -3.98. The molecule has 0 atom stereocenters. The zero-order valence-corrected chi connectivity index (χ0v) is 10.2. The van der Waals surface area contributed by atoms with Crippen molar-refractivity contribution in [2.45, 2.75) is 4.90 Å². The number of rotatable bonds is 4. The first-order chi connectivity index (χ1) is 8.40. The fraction of sp³-hybridized carbons (Fsp3) is 0.200. The van der Waals surface area contributed by atoms with Crippen LogP contribution in [0.25, 0.3) is 0 Å². The summed E-state index contributed by atoms with van der Waals surface area (Å²) < 4.78 is 22.9. The summed E-state index contributed by atoms with van der Waals surface area (Å²) in [5.41, 5.74) is 5.93. The van der Waals surface area contributed by atoms with Crippen molar-refractivity contribution in [3.63, 3.8) is 0 Å². The Balaban J connectivity index is 3.40. The average molecular weight is 265 g/mol. The molecule has 7 nitrogen and oxygen atoms in total. The highest BCUT2D eigenvalue weighted by molar-refractivity contribution is 7.89. The van der Waals surface area contributed by atoms with Crippen LogP contribution in [0.4, 0.5) is 11.4 Å². The van der Waals surface area contributed by atoms with Crippen LogP contribution in [-0.4, -0.2) is 21.5 Å². The lowest BCUT2D eigenvalue weighted by Crippen LogP contribution is -2.27. The summed E-state index contributed by atoms with van der Waals surface area (Å²) in [5.74, 6) is 0. The standard InChI is InChI=1S/C10H11N5O2S/c11-3-5-15(6-4-12)9-2-1-8(13)7-10(9)18(14,16)17/h1-2,7H,5-6,13H2,(H2,14,16,17). The Labute approximate surface area is 105 Å². The molecule has 1 aromatic rings. The van der Waals surface area contributed by atoms with Crippen molar-refractivity contribution in [1.29, 1.82) is 10.5 Å². The van der Waals surface area contributed by atoms with E-state index < -0.39 is 10.0 Å². The molecule has 1 aromatic carbocycles. The smallest absolute Gasteiger partial charge is 0.240 e. The number of benzene rings is 1. The van der Waals surface area contributed by atoms with Gasteiger partial charge in [-0.2, -0.15) is 10.5 Å². The van der Waals surface area contributed by atoms with E-state index in [-0.39, 0.29) is 29.4 Å². The van der Waals surface area contributed by atoms with Gasteiger partial charge >= 0.3 is 0 Å². The van der Waals surface area contributed by atoms with Crippen molar-refractivity contribution in [3.05, 3.63) is 18.2 Å². The third-order valence-corrected chi connectivity index (χ3v) is 3.09. The van der Waals surface area contributed by atoms with Crippen LogP contribution in [0.15, 0.2) is 23.1 Å². The molecule has 0 saturated heterocycles. The summed E-state index contributed by atoms with van der Waals surface area (Å²) >= 11 is 0. The van der Waals surface area contributed by atoms with E-state index in [9.17, 15) is 8.42 Å². The molecule has 0 fully saturated rings. The maximum atomic E-state index is 11.4. The fourth-order valence-corrected chi connectivity index (χ4v) is 2.21. The van der Waals surface area contributed by atoms with E-state index in [1.807, 2.05) is 12.1 Å². The van der Waals surface area contributed by atoms with Gasteiger partial charge < -0.3 is 10.6 Å². The van der Waals surface area contributed by atoms with Crippen molar-refractivity contribution in [2.24, 2.45) is 5.14 Å². The van der Waals surface area contributed by atoms with E-state index in [1.54, 1.807) is 0 Å². The maximum Gasteiger partial charge on any atom is 0.240 e. The predicted octanol–water partition coefficient (Wildman–Crippen LogP) is -0.230. The minimum absolute atomic E-state index is 0.125. The van der Waals surface area contributed by atoms with E-state index in [1.165, 1.54) is 23.1 Å². The summed E-state index contributed by atoms with van der Waals surface area (Å²) in [6.45, 7) is -0.250. The molecule has 0 aliphatic carbocycles. The van der Waals surface area contributed by atoms with Crippen LogP contribution < -0.4 is 15.8 Å². The van der Waals surface area contributed by atoms with Gasteiger partial charge in [0.1, 0.15) is 18.0 Å². The van der Waals surface area contributed by atoms with Gasteiger partial charge in [-0.3, -0.25) is 0 Å². The van der Waals surface area contributed by atoms with Crippen LogP contribution in [0, 0.1) is 22.7 Å². The molecule has 0 heterocycles. The molecule has 0 saturated carbocycles. The van der Waals surface area contributed by atoms with Crippen molar-refractivity contribution < 1.29 is 8.42 Å². The van der Waals surface area contributed by atoms with Gasteiger partial charge in [0, 0.05) is 5.69 Å². The normalized spacial score (nSPS) is 10.4. The van der Waals surface area contributed by atoms with Gasteiger partial charge in [-0.25, -0.2) is 13.6 Å². The summed E-state index contributed by atoms with van der Waals surface area (Å²) in [5, 5.41) is 22.4. The molecule has 8 heteroatoms. The van der Waals surface area contributed by atoms with Crippen molar-refractivity contribution >= 4 is 21.4 Å². The molecule has 94 valence electrons. The Morgan fingerprint density at radius 1 is 1.22 bits per heavy atom. The molecule has 1 rings (SSSR count). The van der Waals surface area contributed by atoms with E-state index in [2.05, 4.69) is 0 Å². The van der Waals surface area contributed by atoms with Crippen LogP contribution >= 0.6 is 0 Å². The quantitative estimate of drug-likeness (QED) is 0.569.